The first-order chi connectivity index (χ1) is 9.94. The van der Waals surface area contributed by atoms with E-state index in [0.717, 1.165) is 37.5 Å². The Morgan fingerprint density at radius 2 is 1.86 bits per heavy atom. The van der Waals surface area contributed by atoms with Crippen LogP contribution in [0.15, 0.2) is 0 Å². The van der Waals surface area contributed by atoms with E-state index < -0.39 is 0 Å². The Balaban J connectivity index is 1.68. The molecule has 0 saturated heterocycles. The van der Waals surface area contributed by atoms with Crippen LogP contribution in [-0.4, -0.2) is 17.0 Å². The number of Topliss-reactive ketones (excluding diaryl/α,β-unsaturated/α-hetero) is 1. The third-order valence-corrected chi connectivity index (χ3v) is 8.21. The molecule has 0 aromatic heterocycles. The van der Waals surface area contributed by atoms with Crippen LogP contribution >= 0.6 is 0 Å². The summed E-state index contributed by atoms with van der Waals surface area (Å²) in [5, 5.41) is 10.0. The predicted molar refractivity (Wildman–Crippen MR) is 82.7 cm³/mol. The van der Waals surface area contributed by atoms with Crippen LogP contribution in [0.2, 0.25) is 0 Å². The molecule has 2 nitrogen and oxygen atoms in total. The molecule has 4 rings (SSSR count). The molecule has 0 aliphatic heterocycles. The highest BCUT2D eigenvalue weighted by molar-refractivity contribution is 5.83. The zero-order chi connectivity index (χ0) is 14.8. The number of ketones is 1. The van der Waals surface area contributed by atoms with Crippen LogP contribution in [0, 0.1) is 34.5 Å². The van der Waals surface area contributed by atoms with Gasteiger partial charge in [-0.15, -0.1) is 0 Å². The fourth-order valence-electron chi connectivity index (χ4n) is 7.01. The molecule has 0 aromatic rings. The number of hydrogen-bond acceptors (Lipinski definition) is 2. The first kappa shape index (κ1) is 14.2. The standard InChI is InChI=1S/C19H30O2/c1-18-7-3-4-14(18)13-11-17(21)16-10-12(20)5-9-19(16,2)15(13)6-8-18/h12-16,20H,3-11H2,1-2H3. The maximum Gasteiger partial charge on any atom is 0.136 e. The van der Waals surface area contributed by atoms with Crippen molar-refractivity contribution < 1.29 is 9.90 Å². The third kappa shape index (κ3) is 1.90. The minimum absolute atomic E-state index is 0.147. The van der Waals surface area contributed by atoms with Crippen molar-refractivity contribution in [3.8, 4) is 0 Å². The van der Waals surface area contributed by atoms with Crippen molar-refractivity contribution in [2.45, 2.75) is 77.7 Å². The van der Waals surface area contributed by atoms with Gasteiger partial charge in [-0.25, -0.2) is 0 Å². The van der Waals surface area contributed by atoms with Gasteiger partial charge < -0.3 is 5.11 Å². The number of carbonyl (C=O) groups is 1. The van der Waals surface area contributed by atoms with Crippen molar-refractivity contribution in [3.05, 3.63) is 0 Å². The smallest absolute Gasteiger partial charge is 0.136 e. The summed E-state index contributed by atoms with van der Waals surface area (Å²) in [6.45, 7) is 4.88. The van der Waals surface area contributed by atoms with Crippen molar-refractivity contribution in [1.29, 1.82) is 0 Å². The van der Waals surface area contributed by atoms with Crippen LogP contribution in [-0.2, 0) is 4.79 Å². The lowest BCUT2D eigenvalue weighted by Crippen LogP contribution is -2.56. The Kier molecular flexibility index (Phi) is 3.10. The van der Waals surface area contributed by atoms with Crippen molar-refractivity contribution >= 4 is 5.78 Å². The lowest BCUT2D eigenvalue weighted by atomic mass is 9.45. The lowest BCUT2D eigenvalue weighted by Gasteiger charge is -2.59. The van der Waals surface area contributed by atoms with Gasteiger partial charge in [-0.05, 0) is 73.5 Å². The number of aliphatic hydroxyl groups excluding tert-OH is 1. The Morgan fingerprint density at radius 3 is 2.67 bits per heavy atom. The van der Waals surface area contributed by atoms with Crippen LogP contribution in [0.25, 0.3) is 0 Å². The van der Waals surface area contributed by atoms with E-state index in [4.69, 9.17) is 0 Å². The third-order valence-electron chi connectivity index (χ3n) is 8.21. The summed E-state index contributed by atoms with van der Waals surface area (Å²) in [5.41, 5.74) is 0.710. The van der Waals surface area contributed by atoms with Gasteiger partial charge in [0.05, 0.1) is 6.10 Å². The molecule has 0 spiro atoms. The van der Waals surface area contributed by atoms with Gasteiger partial charge in [-0.1, -0.05) is 20.3 Å². The second-order valence-corrected chi connectivity index (χ2v) is 9.12. The Labute approximate surface area is 128 Å². The first-order valence-corrected chi connectivity index (χ1v) is 9.15. The summed E-state index contributed by atoms with van der Waals surface area (Å²) in [7, 11) is 0. The van der Waals surface area contributed by atoms with Crippen molar-refractivity contribution in [1.82, 2.24) is 0 Å². The molecule has 1 N–H and O–H groups in total. The van der Waals surface area contributed by atoms with Crippen molar-refractivity contribution in [3.63, 3.8) is 0 Å². The average molecular weight is 290 g/mol. The SMILES string of the molecule is CC12CCCC1C1CC(=O)C3CC(O)CCC3(C)C1CC2. The van der Waals surface area contributed by atoms with E-state index >= 15 is 0 Å². The fourth-order valence-corrected chi connectivity index (χ4v) is 7.01. The minimum atomic E-state index is -0.232. The van der Waals surface area contributed by atoms with Gasteiger partial charge in [0.25, 0.3) is 0 Å². The summed E-state index contributed by atoms with van der Waals surface area (Å²) in [6, 6.07) is 0. The maximum absolute atomic E-state index is 12.8. The van der Waals surface area contributed by atoms with Crippen molar-refractivity contribution in [2.75, 3.05) is 0 Å². The minimum Gasteiger partial charge on any atom is -0.393 e. The van der Waals surface area contributed by atoms with Gasteiger partial charge in [0.1, 0.15) is 5.78 Å². The normalized spacial score (nSPS) is 56.5. The number of aliphatic hydroxyl groups is 1. The second-order valence-electron chi connectivity index (χ2n) is 9.12. The number of rotatable bonds is 0. The largest absolute Gasteiger partial charge is 0.393 e. The highest BCUT2D eigenvalue weighted by Gasteiger charge is 2.60. The lowest BCUT2D eigenvalue weighted by molar-refractivity contribution is -0.157. The summed E-state index contributed by atoms with van der Waals surface area (Å²) < 4.78 is 0. The fraction of sp³-hybridized carbons (Fsp3) is 0.947. The van der Waals surface area contributed by atoms with E-state index in [0.29, 0.717) is 17.1 Å². The molecule has 0 bridgehead atoms. The predicted octanol–water partition coefficient (Wildman–Crippen LogP) is 3.96. The first-order valence-electron chi connectivity index (χ1n) is 9.15. The van der Waals surface area contributed by atoms with Gasteiger partial charge in [-0.2, -0.15) is 0 Å². The average Bonchev–Trinajstić information content (AvgIpc) is 2.83. The molecular formula is C19H30O2. The van der Waals surface area contributed by atoms with E-state index in [1.165, 1.54) is 32.1 Å². The number of fused-ring (bicyclic) bond motifs is 5. The molecule has 4 saturated carbocycles. The topological polar surface area (TPSA) is 37.3 Å². The Bertz CT molecular complexity index is 458. The molecule has 7 atom stereocenters. The monoisotopic (exact) mass is 290 g/mol. The second kappa shape index (κ2) is 4.57. The van der Waals surface area contributed by atoms with Crippen molar-refractivity contribution in [2.24, 2.45) is 34.5 Å². The number of carbonyl (C=O) groups excluding carboxylic acids is 1. The molecule has 118 valence electrons. The molecule has 4 aliphatic rings. The molecule has 0 amide bonds. The molecule has 4 fully saturated rings. The Hall–Kier alpha value is -0.370. The Morgan fingerprint density at radius 1 is 1.05 bits per heavy atom. The van der Waals surface area contributed by atoms with E-state index in [9.17, 15) is 9.90 Å². The van der Waals surface area contributed by atoms with Gasteiger partial charge in [0, 0.05) is 12.3 Å². The summed E-state index contributed by atoms with van der Waals surface area (Å²) >= 11 is 0. The van der Waals surface area contributed by atoms with E-state index in [1.807, 2.05) is 0 Å². The molecule has 0 aromatic carbocycles. The van der Waals surface area contributed by atoms with Gasteiger partial charge in [0.15, 0.2) is 0 Å². The highest BCUT2D eigenvalue weighted by atomic mass is 16.3. The summed E-state index contributed by atoms with van der Waals surface area (Å²) in [5.74, 6) is 2.81. The molecule has 21 heavy (non-hydrogen) atoms. The van der Waals surface area contributed by atoms with Gasteiger partial charge in [-0.3, -0.25) is 4.79 Å². The van der Waals surface area contributed by atoms with Gasteiger partial charge in [0.2, 0.25) is 0 Å². The quantitative estimate of drug-likeness (QED) is 0.733. The van der Waals surface area contributed by atoms with Crippen LogP contribution in [0.5, 0.6) is 0 Å². The zero-order valence-electron chi connectivity index (χ0n) is 13.6. The molecule has 0 heterocycles. The molecule has 4 aliphatic carbocycles. The number of hydrogen-bond donors (Lipinski definition) is 1. The van der Waals surface area contributed by atoms with Crippen LogP contribution in [0.1, 0.15) is 71.6 Å². The highest BCUT2D eigenvalue weighted by Crippen LogP contribution is 2.65. The molecule has 0 radical (unpaired) electrons. The van der Waals surface area contributed by atoms with Crippen LogP contribution in [0.3, 0.4) is 0 Å². The van der Waals surface area contributed by atoms with Crippen LogP contribution in [0.4, 0.5) is 0 Å². The summed E-state index contributed by atoms with van der Waals surface area (Å²) in [4.78, 5) is 12.8. The summed E-state index contributed by atoms with van der Waals surface area (Å²) in [6.07, 6.45) is 10.1. The molecule has 2 heteroatoms. The molecule has 7 unspecified atom stereocenters. The molecular weight excluding hydrogens is 260 g/mol. The van der Waals surface area contributed by atoms with Crippen LogP contribution < -0.4 is 0 Å². The maximum atomic E-state index is 12.8. The van der Waals surface area contributed by atoms with E-state index in [2.05, 4.69) is 13.8 Å². The zero-order valence-corrected chi connectivity index (χ0v) is 13.6. The van der Waals surface area contributed by atoms with E-state index in [-0.39, 0.29) is 17.4 Å². The van der Waals surface area contributed by atoms with Gasteiger partial charge >= 0.3 is 0 Å². The van der Waals surface area contributed by atoms with E-state index in [1.54, 1.807) is 0 Å².